The van der Waals surface area contributed by atoms with Crippen molar-refractivity contribution < 1.29 is 13.6 Å². The highest BCUT2D eigenvalue weighted by Crippen LogP contribution is 2.23. The summed E-state index contributed by atoms with van der Waals surface area (Å²) in [6, 6.07) is 9.37. The molecule has 0 saturated carbocycles. The average molecular weight is 340 g/mol. The van der Waals surface area contributed by atoms with Gasteiger partial charge < -0.3 is 5.73 Å². The lowest BCUT2D eigenvalue weighted by molar-refractivity contribution is 0.0974. The van der Waals surface area contributed by atoms with Crippen molar-refractivity contribution in [2.75, 3.05) is 5.73 Å². The Morgan fingerprint density at radius 2 is 1.95 bits per heavy atom. The quantitative estimate of drug-likeness (QED) is 0.517. The van der Waals surface area contributed by atoms with Gasteiger partial charge in [-0.2, -0.15) is 0 Å². The summed E-state index contributed by atoms with van der Waals surface area (Å²) in [6.07, 6.45) is 0.406. The third-order valence-electron chi connectivity index (χ3n) is 2.91. The van der Waals surface area contributed by atoms with Gasteiger partial charge in [-0.1, -0.05) is 12.1 Å². The number of ketones is 1. The number of halogens is 3. The van der Waals surface area contributed by atoms with Gasteiger partial charge in [-0.15, -0.1) is 0 Å². The minimum Gasteiger partial charge on any atom is -0.399 e. The third kappa shape index (κ3) is 3.22. The van der Waals surface area contributed by atoms with Gasteiger partial charge in [-0.3, -0.25) is 4.79 Å². The van der Waals surface area contributed by atoms with E-state index >= 15 is 0 Å². The van der Waals surface area contributed by atoms with Gasteiger partial charge in [0.15, 0.2) is 11.6 Å². The minimum absolute atomic E-state index is 0.0216. The SMILES string of the molecule is Nc1cccc(CCC(=O)c2c(F)ccc(Br)c2F)c1. The first-order valence-corrected chi connectivity index (χ1v) is 6.79. The molecular weight excluding hydrogens is 328 g/mol. The molecule has 0 heterocycles. The largest absolute Gasteiger partial charge is 0.399 e. The molecule has 2 aromatic rings. The molecular formula is C15H12BrF2NO. The maximum Gasteiger partial charge on any atom is 0.169 e. The Morgan fingerprint density at radius 3 is 2.65 bits per heavy atom. The van der Waals surface area contributed by atoms with E-state index in [4.69, 9.17) is 5.73 Å². The number of hydrogen-bond donors (Lipinski definition) is 1. The molecule has 0 fully saturated rings. The van der Waals surface area contributed by atoms with E-state index in [2.05, 4.69) is 15.9 Å². The van der Waals surface area contributed by atoms with E-state index in [-0.39, 0.29) is 10.9 Å². The first-order chi connectivity index (χ1) is 9.49. The van der Waals surface area contributed by atoms with Gasteiger partial charge in [0.05, 0.1) is 10.0 Å². The van der Waals surface area contributed by atoms with Crippen molar-refractivity contribution in [3.8, 4) is 0 Å². The van der Waals surface area contributed by atoms with Crippen LogP contribution in [0.3, 0.4) is 0 Å². The minimum atomic E-state index is -0.859. The molecule has 2 rings (SSSR count). The average Bonchev–Trinajstić information content (AvgIpc) is 2.41. The van der Waals surface area contributed by atoms with Crippen LogP contribution in [0.2, 0.25) is 0 Å². The van der Waals surface area contributed by atoms with Crippen molar-refractivity contribution in [2.24, 2.45) is 0 Å². The number of carbonyl (C=O) groups excluding carboxylic acids is 1. The molecule has 0 aliphatic heterocycles. The smallest absolute Gasteiger partial charge is 0.169 e. The topological polar surface area (TPSA) is 43.1 Å². The van der Waals surface area contributed by atoms with E-state index < -0.39 is 23.0 Å². The molecule has 2 aromatic carbocycles. The number of rotatable bonds is 4. The van der Waals surface area contributed by atoms with E-state index in [9.17, 15) is 13.6 Å². The monoisotopic (exact) mass is 339 g/mol. The van der Waals surface area contributed by atoms with E-state index in [1.807, 2.05) is 6.07 Å². The summed E-state index contributed by atoms with van der Waals surface area (Å²) in [5.74, 6) is -2.27. The molecule has 0 atom stereocenters. The van der Waals surface area contributed by atoms with Crippen LogP contribution in [0.15, 0.2) is 40.9 Å². The lowest BCUT2D eigenvalue weighted by Gasteiger charge is -2.06. The van der Waals surface area contributed by atoms with Gasteiger partial charge >= 0.3 is 0 Å². The Kier molecular flexibility index (Phi) is 4.49. The second-order valence-corrected chi connectivity index (χ2v) is 5.24. The highest BCUT2D eigenvalue weighted by molar-refractivity contribution is 9.10. The van der Waals surface area contributed by atoms with Crippen LogP contribution in [0.5, 0.6) is 0 Å². The van der Waals surface area contributed by atoms with E-state index in [1.165, 1.54) is 6.07 Å². The predicted octanol–water partition coefficient (Wildman–Crippen LogP) is 4.13. The van der Waals surface area contributed by atoms with Crippen LogP contribution in [0.4, 0.5) is 14.5 Å². The van der Waals surface area contributed by atoms with Crippen LogP contribution in [-0.4, -0.2) is 5.78 Å². The number of anilines is 1. The van der Waals surface area contributed by atoms with Crippen LogP contribution < -0.4 is 5.73 Å². The predicted molar refractivity (Wildman–Crippen MR) is 77.6 cm³/mol. The number of carbonyl (C=O) groups is 1. The van der Waals surface area contributed by atoms with Crippen molar-refractivity contribution >= 4 is 27.4 Å². The summed E-state index contributed by atoms with van der Waals surface area (Å²) in [5, 5.41) is 0. The van der Waals surface area contributed by atoms with Gasteiger partial charge in [0, 0.05) is 12.1 Å². The highest BCUT2D eigenvalue weighted by atomic mass is 79.9. The second-order valence-electron chi connectivity index (χ2n) is 4.39. The second kappa shape index (κ2) is 6.13. The maximum atomic E-state index is 13.8. The van der Waals surface area contributed by atoms with Crippen LogP contribution >= 0.6 is 15.9 Å². The normalized spacial score (nSPS) is 10.6. The molecule has 2 N–H and O–H groups in total. The van der Waals surface area contributed by atoms with Crippen LogP contribution in [0.25, 0.3) is 0 Å². The van der Waals surface area contributed by atoms with Crippen molar-refractivity contribution in [1.29, 1.82) is 0 Å². The molecule has 0 aliphatic rings. The molecule has 0 radical (unpaired) electrons. The molecule has 0 saturated heterocycles. The zero-order valence-electron chi connectivity index (χ0n) is 10.5. The third-order valence-corrected chi connectivity index (χ3v) is 3.53. The summed E-state index contributed by atoms with van der Waals surface area (Å²) in [5.41, 5.74) is 6.58. The fourth-order valence-electron chi connectivity index (χ4n) is 1.91. The Balaban J connectivity index is 2.15. The summed E-state index contributed by atoms with van der Waals surface area (Å²) < 4.78 is 27.4. The van der Waals surface area contributed by atoms with Crippen LogP contribution in [0.1, 0.15) is 22.3 Å². The molecule has 5 heteroatoms. The van der Waals surface area contributed by atoms with Crippen LogP contribution in [0, 0.1) is 11.6 Å². The summed E-state index contributed by atoms with van der Waals surface area (Å²) in [6.45, 7) is 0. The number of nitrogens with two attached hydrogens (primary N) is 1. The molecule has 0 unspecified atom stereocenters. The summed E-state index contributed by atoms with van der Waals surface area (Å²) in [7, 11) is 0. The highest BCUT2D eigenvalue weighted by Gasteiger charge is 2.19. The van der Waals surface area contributed by atoms with E-state index in [0.29, 0.717) is 12.1 Å². The van der Waals surface area contributed by atoms with E-state index in [1.54, 1.807) is 18.2 Å². The number of Topliss-reactive ketones (excluding diaryl/α,β-unsaturated/α-hetero) is 1. The van der Waals surface area contributed by atoms with Crippen molar-refractivity contribution in [2.45, 2.75) is 12.8 Å². The zero-order chi connectivity index (χ0) is 14.7. The number of hydrogen-bond acceptors (Lipinski definition) is 2. The maximum absolute atomic E-state index is 13.8. The van der Waals surface area contributed by atoms with Gasteiger partial charge in [-0.05, 0) is 52.2 Å². The fraction of sp³-hybridized carbons (Fsp3) is 0.133. The van der Waals surface area contributed by atoms with Gasteiger partial charge in [-0.25, -0.2) is 8.78 Å². The Labute approximate surface area is 123 Å². The molecule has 0 amide bonds. The molecule has 0 aromatic heterocycles. The standard InChI is InChI=1S/C15H12BrF2NO/c16-11-5-6-12(17)14(15(11)18)13(20)7-4-9-2-1-3-10(19)8-9/h1-3,5-6,8H,4,7,19H2. The first-order valence-electron chi connectivity index (χ1n) is 6.00. The lowest BCUT2D eigenvalue weighted by atomic mass is 10.0. The number of benzene rings is 2. The van der Waals surface area contributed by atoms with Crippen molar-refractivity contribution in [1.82, 2.24) is 0 Å². The summed E-state index contributed by atoms with van der Waals surface area (Å²) in [4.78, 5) is 12.0. The Hall–Kier alpha value is -1.75. The molecule has 0 spiro atoms. The molecule has 2 nitrogen and oxygen atoms in total. The van der Waals surface area contributed by atoms with Crippen LogP contribution in [-0.2, 0) is 6.42 Å². The number of nitrogen functional groups attached to an aromatic ring is 1. The van der Waals surface area contributed by atoms with Crippen molar-refractivity contribution in [3.63, 3.8) is 0 Å². The number of aryl methyl sites for hydroxylation is 1. The van der Waals surface area contributed by atoms with Gasteiger partial charge in [0.2, 0.25) is 0 Å². The Morgan fingerprint density at radius 1 is 1.20 bits per heavy atom. The van der Waals surface area contributed by atoms with Gasteiger partial charge in [0.25, 0.3) is 0 Å². The lowest BCUT2D eigenvalue weighted by Crippen LogP contribution is -2.08. The van der Waals surface area contributed by atoms with Crippen molar-refractivity contribution in [3.05, 3.63) is 63.6 Å². The van der Waals surface area contributed by atoms with Gasteiger partial charge in [0.1, 0.15) is 5.82 Å². The molecule has 0 bridgehead atoms. The van der Waals surface area contributed by atoms with E-state index in [0.717, 1.165) is 11.6 Å². The summed E-state index contributed by atoms with van der Waals surface area (Å²) >= 11 is 2.94. The Bertz CT molecular complexity index is 658. The first kappa shape index (κ1) is 14.7. The molecule has 20 heavy (non-hydrogen) atoms. The fourth-order valence-corrected chi connectivity index (χ4v) is 2.24. The zero-order valence-corrected chi connectivity index (χ0v) is 12.1. The molecule has 0 aliphatic carbocycles. The molecule has 104 valence electrons.